The number of hydrogen-bond acceptors (Lipinski definition) is 2. The Hall–Kier alpha value is -0.870. The lowest BCUT2D eigenvalue weighted by Crippen LogP contribution is -2.42. The molecule has 1 aliphatic heterocycles. The molecule has 1 fully saturated rings. The molecule has 1 aromatic carbocycles. The van der Waals surface area contributed by atoms with Crippen LogP contribution in [0.4, 0.5) is 0 Å². The first kappa shape index (κ1) is 15.5. The van der Waals surface area contributed by atoms with E-state index in [0.717, 1.165) is 36.8 Å². The van der Waals surface area contributed by atoms with Gasteiger partial charge in [-0.25, -0.2) is 0 Å². The minimum atomic E-state index is 0.244. The SMILES string of the molecule is CC(N)C1CCN(C(=O)CCc2cccc(Br)c2)CC1. The van der Waals surface area contributed by atoms with Crippen molar-refractivity contribution in [2.45, 2.75) is 38.6 Å². The summed E-state index contributed by atoms with van der Waals surface area (Å²) in [6.07, 6.45) is 3.49. The predicted octanol–water partition coefficient (Wildman–Crippen LogP) is 2.97. The standard InChI is InChI=1S/C16H23BrN2O/c1-12(18)14-7-9-19(10-8-14)16(20)6-5-13-3-2-4-15(17)11-13/h2-4,11-12,14H,5-10,18H2,1H3. The molecule has 1 atom stereocenters. The molecule has 1 saturated heterocycles. The lowest BCUT2D eigenvalue weighted by Gasteiger charge is -2.33. The molecule has 0 aromatic heterocycles. The summed E-state index contributed by atoms with van der Waals surface area (Å²) in [5, 5.41) is 0. The van der Waals surface area contributed by atoms with E-state index in [0.29, 0.717) is 12.3 Å². The summed E-state index contributed by atoms with van der Waals surface area (Å²) >= 11 is 3.46. The summed E-state index contributed by atoms with van der Waals surface area (Å²) < 4.78 is 1.07. The topological polar surface area (TPSA) is 46.3 Å². The maximum absolute atomic E-state index is 12.2. The van der Waals surface area contributed by atoms with E-state index in [1.54, 1.807) is 0 Å². The fourth-order valence-electron chi connectivity index (χ4n) is 2.78. The summed E-state index contributed by atoms with van der Waals surface area (Å²) in [7, 11) is 0. The molecule has 0 bridgehead atoms. The maximum Gasteiger partial charge on any atom is 0.222 e. The molecule has 110 valence electrons. The van der Waals surface area contributed by atoms with Crippen molar-refractivity contribution in [2.24, 2.45) is 11.7 Å². The van der Waals surface area contributed by atoms with Crippen molar-refractivity contribution in [3.63, 3.8) is 0 Å². The number of hydrogen-bond donors (Lipinski definition) is 1. The fraction of sp³-hybridized carbons (Fsp3) is 0.562. The molecule has 0 saturated carbocycles. The van der Waals surface area contributed by atoms with E-state index < -0.39 is 0 Å². The quantitative estimate of drug-likeness (QED) is 0.917. The van der Waals surface area contributed by atoms with E-state index in [1.165, 1.54) is 5.56 Å². The highest BCUT2D eigenvalue weighted by Crippen LogP contribution is 2.20. The minimum absolute atomic E-state index is 0.244. The molecule has 1 unspecified atom stereocenters. The van der Waals surface area contributed by atoms with Crippen LogP contribution < -0.4 is 5.73 Å². The Morgan fingerprint density at radius 3 is 2.75 bits per heavy atom. The molecule has 1 heterocycles. The Morgan fingerprint density at radius 1 is 1.45 bits per heavy atom. The average molecular weight is 339 g/mol. The summed E-state index contributed by atoms with van der Waals surface area (Å²) in [5.41, 5.74) is 7.14. The molecule has 2 rings (SSSR count). The molecule has 20 heavy (non-hydrogen) atoms. The van der Waals surface area contributed by atoms with Crippen LogP contribution in [0.25, 0.3) is 0 Å². The number of piperidine rings is 1. The zero-order valence-electron chi connectivity index (χ0n) is 12.0. The lowest BCUT2D eigenvalue weighted by molar-refractivity contribution is -0.132. The number of nitrogens with two attached hydrogens (primary N) is 1. The van der Waals surface area contributed by atoms with Crippen LogP contribution in [0.15, 0.2) is 28.7 Å². The largest absolute Gasteiger partial charge is 0.343 e. The van der Waals surface area contributed by atoms with E-state index in [-0.39, 0.29) is 11.9 Å². The van der Waals surface area contributed by atoms with Gasteiger partial charge in [0.25, 0.3) is 0 Å². The van der Waals surface area contributed by atoms with Gasteiger partial charge < -0.3 is 10.6 Å². The second kappa shape index (κ2) is 7.23. The van der Waals surface area contributed by atoms with Crippen LogP contribution in [0.2, 0.25) is 0 Å². The average Bonchev–Trinajstić information content (AvgIpc) is 2.45. The van der Waals surface area contributed by atoms with Gasteiger partial charge in [-0.1, -0.05) is 28.1 Å². The Bertz CT molecular complexity index is 454. The number of nitrogens with zero attached hydrogens (tertiary/aromatic N) is 1. The van der Waals surface area contributed by atoms with E-state index >= 15 is 0 Å². The maximum atomic E-state index is 12.2. The highest BCUT2D eigenvalue weighted by Gasteiger charge is 2.24. The van der Waals surface area contributed by atoms with Gasteiger partial charge in [0.05, 0.1) is 0 Å². The van der Waals surface area contributed by atoms with Gasteiger partial charge in [-0.15, -0.1) is 0 Å². The van der Waals surface area contributed by atoms with Crippen LogP contribution >= 0.6 is 15.9 Å². The number of amides is 1. The highest BCUT2D eigenvalue weighted by molar-refractivity contribution is 9.10. The molecule has 0 spiro atoms. The van der Waals surface area contributed by atoms with Crippen LogP contribution in [-0.4, -0.2) is 29.9 Å². The second-order valence-electron chi connectivity index (χ2n) is 5.71. The molecule has 4 heteroatoms. The first-order chi connectivity index (χ1) is 9.56. The molecule has 0 aliphatic carbocycles. The summed E-state index contributed by atoms with van der Waals surface area (Å²) in [6, 6.07) is 8.41. The van der Waals surface area contributed by atoms with Crippen LogP contribution in [0.1, 0.15) is 31.7 Å². The van der Waals surface area contributed by atoms with Gasteiger partial charge in [-0.2, -0.15) is 0 Å². The molecule has 2 N–H and O–H groups in total. The first-order valence-electron chi connectivity index (χ1n) is 7.34. The third-order valence-electron chi connectivity index (χ3n) is 4.15. The minimum Gasteiger partial charge on any atom is -0.343 e. The number of likely N-dealkylation sites (tertiary alicyclic amines) is 1. The van der Waals surface area contributed by atoms with Crippen LogP contribution in [0.3, 0.4) is 0 Å². The number of aryl methyl sites for hydroxylation is 1. The van der Waals surface area contributed by atoms with Gasteiger partial charge in [0, 0.05) is 30.0 Å². The van der Waals surface area contributed by atoms with Crippen molar-refractivity contribution < 1.29 is 4.79 Å². The molecule has 1 amide bonds. The molecule has 0 radical (unpaired) electrons. The van der Waals surface area contributed by atoms with Crippen molar-refractivity contribution in [1.29, 1.82) is 0 Å². The van der Waals surface area contributed by atoms with Crippen molar-refractivity contribution in [2.75, 3.05) is 13.1 Å². The summed E-state index contributed by atoms with van der Waals surface area (Å²) in [6.45, 7) is 3.79. The number of carbonyl (C=O) groups is 1. The Balaban J connectivity index is 1.78. The third-order valence-corrected chi connectivity index (χ3v) is 4.65. The molecule has 1 aromatic rings. The van der Waals surface area contributed by atoms with Gasteiger partial charge >= 0.3 is 0 Å². The molecule has 1 aliphatic rings. The highest BCUT2D eigenvalue weighted by atomic mass is 79.9. The first-order valence-corrected chi connectivity index (χ1v) is 8.13. The smallest absolute Gasteiger partial charge is 0.222 e. The van der Waals surface area contributed by atoms with E-state index in [4.69, 9.17) is 5.73 Å². The van der Waals surface area contributed by atoms with E-state index in [1.807, 2.05) is 17.0 Å². The van der Waals surface area contributed by atoms with Crippen molar-refractivity contribution in [1.82, 2.24) is 4.90 Å². The molecular weight excluding hydrogens is 316 g/mol. The normalized spacial score (nSPS) is 18.1. The fourth-order valence-corrected chi connectivity index (χ4v) is 3.22. The van der Waals surface area contributed by atoms with E-state index in [2.05, 4.69) is 35.0 Å². The summed E-state index contributed by atoms with van der Waals surface area (Å²) in [4.78, 5) is 14.2. The molecular formula is C16H23BrN2O. The Morgan fingerprint density at radius 2 is 2.15 bits per heavy atom. The number of benzene rings is 1. The zero-order valence-corrected chi connectivity index (χ0v) is 13.6. The van der Waals surface area contributed by atoms with Crippen molar-refractivity contribution >= 4 is 21.8 Å². The monoisotopic (exact) mass is 338 g/mol. The second-order valence-corrected chi connectivity index (χ2v) is 6.62. The summed E-state index contributed by atoms with van der Waals surface area (Å²) in [5.74, 6) is 0.845. The van der Waals surface area contributed by atoms with E-state index in [9.17, 15) is 4.79 Å². The number of halogens is 1. The Kier molecular flexibility index (Phi) is 5.61. The number of carbonyl (C=O) groups excluding carboxylic acids is 1. The van der Waals surface area contributed by atoms with Gasteiger partial charge in [0.15, 0.2) is 0 Å². The van der Waals surface area contributed by atoms with Crippen LogP contribution in [0.5, 0.6) is 0 Å². The van der Waals surface area contributed by atoms with Crippen molar-refractivity contribution in [3.05, 3.63) is 34.3 Å². The van der Waals surface area contributed by atoms with Gasteiger partial charge in [-0.3, -0.25) is 4.79 Å². The van der Waals surface area contributed by atoms with Crippen molar-refractivity contribution in [3.8, 4) is 0 Å². The zero-order chi connectivity index (χ0) is 14.5. The van der Waals surface area contributed by atoms with Crippen LogP contribution in [0, 0.1) is 5.92 Å². The van der Waals surface area contributed by atoms with Gasteiger partial charge in [0.1, 0.15) is 0 Å². The van der Waals surface area contributed by atoms with Gasteiger partial charge in [-0.05, 0) is 49.8 Å². The number of rotatable bonds is 4. The van der Waals surface area contributed by atoms with Gasteiger partial charge in [0.2, 0.25) is 5.91 Å². The predicted molar refractivity (Wildman–Crippen MR) is 85.4 cm³/mol. The van der Waals surface area contributed by atoms with Crippen LogP contribution in [-0.2, 0) is 11.2 Å². The molecule has 3 nitrogen and oxygen atoms in total. The third kappa shape index (κ3) is 4.32. The lowest BCUT2D eigenvalue weighted by atomic mass is 9.91. The Labute approximate surface area is 129 Å².